The maximum atomic E-state index is 6.28. The monoisotopic (exact) mass is 266 g/mol. The van der Waals surface area contributed by atoms with Gasteiger partial charge in [0.1, 0.15) is 5.75 Å². The Bertz CT molecular complexity index is 579. The molecule has 2 rings (SSSR count). The first-order chi connectivity index (χ1) is 8.60. The Kier molecular flexibility index (Phi) is 3.59. The van der Waals surface area contributed by atoms with Crippen molar-refractivity contribution in [1.29, 1.82) is 0 Å². The Morgan fingerprint density at radius 1 is 1.44 bits per heavy atom. The van der Waals surface area contributed by atoms with Gasteiger partial charge >= 0.3 is 0 Å². The predicted molar refractivity (Wildman–Crippen MR) is 70.9 cm³/mol. The van der Waals surface area contributed by atoms with Crippen molar-refractivity contribution in [2.45, 2.75) is 20.4 Å². The summed E-state index contributed by atoms with van der Waals surface area (Å²) in [5.74, 6) is 1.33. The van der Waals surface area contributed by atoms with Gasteiger partial charge in [-0.3, -0.25) is 0 Å². The fourth-order valence-electron chi connectivity index (χ4n) is 1.98. The smallest absolute Gasteiger partial charge is 0.175 e. The topological polar surface area (TPSA) is 61.3 Å². The lowest BCUT2D eigenvalue weighted by atomic mass is 9.99. The molecule has 18 heavy (non-hydrogen) atoms. The molecule has 96 valence electrons. The fraction of sp³-hybridized carbons (Fsp3) is 0.308. The average molecular weight is 267 g/mol. The molecule has 1 aromatic heterocycles. The Balaban J connectivity index is 2.74. The molecule has 0 amide bonds. The van der Waals surface area contributed by atoms with Gasteiger partial charge in [0, 0.05) is 17.1 Å². The molecule has 0 aliphatic carbocycles. The van der Waals surface area contributed by atoms with Gasteiger partial charge in [-0.15, -0.1) is 0 Å². The van der Waals surface area contributed by atoms with Gasteiger partial charge in [0.2, 0.25) is 0 Å². The van der Waals surface area contributed by atoms with E-state index in [1.165, 1.54) is 0 Å². The summed E-state index contributed by atoms with van der Waals surface area (Å²) in [4.78, 5) is 0. The number of halogens is 1. The number of aryl methyl sites for hydroxylation is 1. The lowest BCUT2D eigenvalue weighted by Crippen LogP contribution is -1.99. The van der Waals surface area contributed by atoms with Gasteiger partial charge in [-0.1, -0.05) is 16.8 Å². The normalized spacial score (nSPS) is 10.7. The minimum absolute atomic E-state index is 0.354. The number of rotatable bonds is 3. The van der Waals surface area contributed by atoms with Crippen LogP contribution in [0.25, 0.3) is 11.3 Å². The van der Waals surface area contributed by atoms with E-state index in [1.807, 2.05) is 19.9 Å². The molecule has 0 aliphatic heterocycles. The molecular weight excluding hydrogens is 252 g/mol. The van der Waals surface area contributed by atoms with Crippen molar-refractivity contribution in [3.8, 4) is 17.1 Å². The van der Waals surface area contributed by atoms with Crippen LogP contribution in [0.4, 0.5) is 0 Å². The number of ether oxygens (including phenoxy) is 1. The maximum absolute atomic E-state index is 6.28. The van der Waals surface area contributed by atoms with Crippen LogP contribution in [0, 0.1) is 13.8 Å². The van der Waals surface area contributed by atoms with Crippen LogP contribution in [0.2, 0.25) is 5.02 Å². The van der Waals surface area contributed by atoms with Gasteiger partial charge in [-0.05, 0) is 31.0 Å². The second kappa shape index (κ2) is 5.00. The number of nitrogens with two attached hydrogens (primary N) is 1. The van der Waals surface area contributed by atoms with E-state index in [4.69, 9.17) is 26.6 Å². The first-order valence-electron chi connectivity index (χ1n) is 5.57. The molecule has 0 unspecified atom stereocenters. The van der Waals surface area contributed by atoms with E-state index >= 15 is 0 Å². The Labute approximate surface area is 111 Å². The summed E-state index contributed by atoms with van der Waals surface area (Å²) in [5.41, 5.74) is 9.17. The number of benzene rings is 1. The van der Waals surface area contributed by atoms with Crippen LogP contribution in [0.5, 0.6) is 5.75 Å². The van der Waals surface area contributed by atoms with Crippen molar-refractivity contribution in [3.05, 3.63) is 34.0 Å². The largest absolute Gasteiger partial charge is 0.496 e. The summed E-state index contributed by atoms with van der Waals surface area (Å²) < 4.78 is 10.7. The van der Waals surface area contributed by atoms with E-state index in [-0.39, 0.29) is 0 Å². The lowest BCUT2D eigenvalue weighted by Gasteiger charge is -2.13. The molecule has 0 atom stereocenters. The van der Waals surface area contributed by atoms with Crippen molar-refractivity contribution in [2.75, 3.05) is 7.11 Å². The molecule has 0 radical (unpaired) electrons. The molecular formula is C13H15ClN2O2. The van der Waals surface area contributed by atoms with Crippen LogP contribution < -0.4 is 10.5 Å². The van der Waals surface area contributed by atoms with Crippen molar-refractivity contribution >= 4 is 11.6 Å². The third-order valence-corrected chi connectivity index (χ3v) is 3.54. The highest BCUT2D eigenvalue weighted by Gasteiger charge is 2.20. The summed E-state index contributed by atoms with van der Waals surface area (Å²) in [7, 11) is 1.62. The number of hydrogen-bond donors (Lipinski definition) is 1. The summed E-state index contributed by atoms with van der Waals surface area (Å²) in [6.07, 6.45) is 1.61. The quantitative estimate of drug-likeness (QED) is 0.927. The Hall–Kier alpha value is -1.52. The highest BCUT2D eigenvalue weighted by Crippen LogP contribution is 2.40. The standard InChI is InChI=1S/C13H15ClN2O2/c1-7-4-10(17-3)11(8(2)12(7)14)13-9(5-15)6-16-18-13/h4,6H,5,15H2,1-3H3. The Morgan fingerprint density at radius 2 is 2.17 bits per heavy atom. The number of aromatic nitrogens is 1. The molecule has 1 heterocycles. The number of nitrogens with zero attached hydrogens (tertiary/aromatic N) is 1. The second-order valence-corrected chi connectivity index (χ2v) is 4.47. The highest BCUT2D eigenvalue weighted by molar-refractivity contribution is 6.32. The summed E-state index contributed by atoms with van der Waals surface area (Å²) in [6, 6.07) is 1.88. The fourth-order valence-corrected chi connectivity index (χ4v) is 2.13. The van der Waals surface area contributed by atoms with E-state index in [0.29, 0.717) is 23.1 Å². The van der Waals surface area contributed by atoms with Crippen molar-refractivity contribution < 1.29 is 9.26 Å². The van der Waals surface area contributed by atoms with Crippen molar-refractivity contribution in [1.82, 2.24) is 5.16 Å². The highest BCUT2D eigenvalue weighted by atomic mass is 35.5. The minimum atomic E-state index is 0.354. The summed E-state index contributed by atoms with van der Waals surface area (Å²) in [6.45, 7) is 4.22. The van der Waals surface area contributed by atoms with Crippen LogP contribution in [0.1, 0.15) is 16.7 Å². The van der Waals surface area contributed by atoms with Gasteiger partial charge in [-0.2, -0.15) is 0 Å². The van der Waals surface area contributed by atoms with Crippen molar-refractivity contribution in [3.63, 3.8) is 0 Å². The molecule has 5 heteroatoms. The third-order valence-electron chi connectivity index (χ3n) is 2.96. The molecule has 1 aromatic carbocycles. The van der Waals surface area contributed by atoms with Crippen LogP contribution in [0.15, 0.2) is 16.8 Å². The average Bonchev–Trinajstić information content (AvgIpc) is 2.83. The van der Waals surface area contributed by atoms with Crippen LogP contribution in [-0.2, 0) is 6.54 Å². The van der Waals surface area contributed by atoms with E-state index in [2.05, 4.69) is 5.16 Å². The molecule has 4 nitrogen and oxygen atoms in total. The van der Waals surface area contributed by atoms with Gasteiger partial charge in [-0.25, -0.2) is 0 Å². The van der Waals surface area contributed by atoms with E-state index in [0.717, 1.165) is 22.3 Å². The van der Waals surface area contributed by atoms with E-state index in [1.54, 1.807) is 13.3 Å². The summed E-state index contributed by atoms with van der Waals surface area (Å²) in [5, 5.41) is 4.48. The van der Waals surface area contributed by atoms with Gasteiger partial charge < -0.3 is 15.0 Å². The first-order valence-corrected chi connectivity index (χ1v) is 5.95. The molecule has 0 fully saturated rings. The molecule has 0 aliphatic rings. The molecule has 0 spiro atoms. The molecule has 0 saturated heterocycles. The van der Waals surface area contributed by atoms with Crippen LogP contribution in [-0.4, -0.2) is 12.3 Å². The zero-order valence-corrected chi connectivity index (χ0v) is 11.3. The summed E-state index contributed by atoms with van der Waals surface area (Å²) >= 11 is 6.28. The SMILES string of the molecule is COc1cc(C)c(Cl)c(C)c1-c1oncc1CN. The van der Waals surface area contributed by atoms with Gasteiger partial charge in [0.05, 0.1) is 18.9 Å². The van der Waals surface area contributed by atoms with E-state index in [9.17, 15) is 0 Å². The van der Waals surface area contributed by atoms with Crippen LogP contribution in [0.3, 0.4) is 0 Å². The first kappa shape index (κ1) is 12.9. The third kappa shape index (κ3) is 1.98. The molecule has 2 aromatic rings. The van der Waals surface area contributed by atoms with E-state index < -0.39 is 0 Å². The predicted octanol–water partition coefficient (Wildman–Crippen LogP) is 3.08. The van der Waals surface area contributed by atoms with Crippen molar-refractivity contribution in [2.24, 2.45) is 5.73 Å². The van der Waals surface area contributed by atoms with Gasteiger partial charge in [0.25, 0.3) is 0 Å². The molecule has 0 bridgehead atoms. The molecule has 2 N–H and O–H groups in total. The maximum Gasteiger partial charge on any atom is 0.175 e. The lowest BCUT2D eigenvalue weighted by molar-refractivity contribution is 0.405. The molecule has 0 saturated carbocycles. The number of hydrogen-bond acceptors (Lipinski definition) is 4. The zero-order chi connectivity index (χ0) is 13.3. The minimum Gasteiger partial charge on any atom is -0.496 e. The number of methoxy groups -OCH3 is 1. The van der Waals surface area contributed by atoms with Gasteiger partial charge in [0.15, 0.2) is 5.76 Å². The second-order valence-electron chi connectivity index (χ2n) is 4.09. The Morgan fingerprint density at radius 3 is 2.78 bits per heavy atom. The zero-order valence-electron chi connectivity index (χ0n) is 10.6. The van der Waals surface area contributed by atoms with Crippen LogP contribution >= 0.6 is 11.6 Å².